The third kappa shape index (κ3) is 3.89. The van der Waals surface area contributed by atoms with Crippen LogP contribution in [0.25, 0.3) is 0 Å². The molecular formula is C13H18ClFN2O2. The molecule has 1 saturated heterocycles. The number of morpholine rings is 1. The van der Waals surface area contributed by atoms with Gasteiger partial charge in [-0.05, 0) is 31.5 Å². The van der Waals surface area contributed by atoms with Gasteiger partial charge in [0.25, 0.3) is 0 Å². The van der Waals surface area contributed by atoms with E-state index in [1.807, 2.05) is 13.8 Å². The van der Waals surface area contributed by atoms with Gasteiger partial charge in [-0.15, -0.1) is 12.4 Å². The Balaban J connectivity index is 0.00000180. The maximum atomic E-state index is 13.1. The second kappa shape index (κ2) is 6.84. The van der Waals surface area contributed by atoms with E-state index in [4.69, 9.17) is 4.74 Å². The topological polar surface area (TPSA) is 50.4 Å². The van der Waals surface area contributed by atoms with Gasteiger partial charge in [0, 0.05) is 12.2 Å². The van der Waals surface area contributed by atoms with Crippen LogP contribution in [-0.2, 0) is 9.53 Å². The summed E-state index contributed by atoms with van der Waals surface area (Å²) in [5.41, 5.74) is 1.33. The first-order valence-corrected chi connectivity index (χ1v) is 6.00. The largest absolute Gasteiger partial charge is 0.375 e. The maximum Gasteiger partial charge on any atom is 0.244 e. The highest BCUT2D eigenvalue weighted by molar-refractivity contribution is 5.95. The van der Waals surface area contributed by atoms with Gasteiger partial charge in [-0.25, -0.2) is 4.39 Å². The number of rotatable bonds is 2. The van der Waals surface area contributed by atoms with E-state index in [-0.39, 0.29) is 30.2 Å². The first-order chi connectivity index (χ1) is 8.58. The third-order valence-corrected chi connectivity index (χ3v) is 3.06. The molecule has 1 heterocycles. The summed E-state index contributed by atoms with van der Waals surface area (Å²) < 4.78 is 18.5. The summed E-state index contributed by atoms with van der Waals surface area (Å²) in [5.74, 6) is -0.562. The van der Waals surface area contributed by atoms with Crippen molar-refractivity contribution in [1.29, 1.82) is 0 Å². The van der Waals surface area contributed by atoms with Crippen LogP contribution in [0.4, 0.5) is 10.1 Å². The van der Waals surface area contributed by atoms with Crippen LogP contribution in [0.3, 0.4) is 0 Å². The summed E-state index contributed by atoms with van der Waals surface area (Å²) in [6.45, 7) is 4.91. The van der Waals surface area contributed by atoms with Crippen molar-refractivity contribution in [3.05, 3.63) is 29.6 Å². The summed E-state index contributed by atoms with van der Waals surface area (Å²) in [6.07, 6.45) is -0.187. The lowest BCUT2D eigenvalue weighted by molar-refractivity contribution is -0.123. The van der Waals surface area contributed by atoms with Gasteiger partial charge >= 0.3 is 0 Å². The molecule has 19 heavy (non-hydrogen) atoms. The number of halogens is 2. The minimum atomic E-state index is -0.401. The Morgan fingerprint density at radius 1 is 1.53 bits per heavy atom. The lowest BCUT2D eigenvalue weighted by atomic mass is 10.1. The minimum Gasteiger partial charge on any atom is -0.375 e. The van der Waals surface area contributed by atoms with Crippen molar-refractivity contribution in [2.75, 3.05) is 18.5 Å². The molecule has 6 heteroatoms. The fourth-order valence-corrected chi connectivity index (χ4v) is 1.97. The standard InChI is InChI=1S/C13H17FN2O2.ClH/c1-8-3-4-10(14)7-11(8)16-13(17)12-9(2)18-6-5-15-12;/h3-4,7,9,12,15H,5-6H2,1-2H3,(H,16,17);1H/t9-,12+;/m1./s1. The van der Waals surface area contributed by atoms with Crippen molar-refractivity contribution in [3.8, 4) is 0 Å². The van der Waals surface area contributed by atoms with Crippen LogP contribution in [-0.4, -0.2) is 31.2 Å². The fourth-order valence-electron chi connectivity index (χ4n) is 1.97. The Labute approximate surface area is 118 Å². The van der Waals surface area contributed by atoms with Gasteiger partial charge < -0.3 is 15.4 Å². The van der Waals surface area contributed by atoms with Crippen LogP contribution >= 0.6 is 12.4 Å². The molecule has 0 aliphatic carbocycles. The third-order valence-electron chi connectivity index (χ3n) is 3.06. The smallest absolute Gasteiger partial charge is 0.244 e. The molecule has 1 amide bonds. The van der Waals surface area contributed by atoms with Crippen LogP contribution in [0.5, 0.6) is 0 Å². The van der Waals surface area contributed by atoms with Crippen molar-refractivity contribution in [2.24, 2.45) is 0 Å². The van der Waals surface area contributed by atoms with Gasteiger partial charge in [0.15, 0.2) is 0 Å². The van der Waals surface area contributed by atoms with Crippen LogP contribution in [0.1, 0.15) is 12.5 Å². The van der Waals surface area contributed by atoms with Crippen LogP contribution < -0.4 is 10.6 Å². The van der Waals surface area contributed by atoms with Gasteiger partial charge in [-0.1, -0.05) is 6.07 Å². The molecule has 0 spiro atoms. The predicted molar refractivity (Wildman–Crippen MR) is 74.2 cm³/mol. The fraction of sp³-hybridized carbons (Fsp3) is 0.462. The van der Waals surface area contributed by atoms with E-state index in [0.29, 0.717) is 18.8 Å². The normalized spacial score (nSPS) is 22.5. The Bertz CT molecular complexity index is 456. The van der Waals surface area contributed by atoms with Gasteiger partial charge in [-0.3, -0.25) is 4.79 Å². The number of aryl methyl sites for hydroxylation is 1. The molecule has 0 aromatic heterocycles. The molecule has 2 rings (SSSR count). The van der Waals surface area contributed by atoms with E-state index in [1.54, 1.807) is 6.07 Å². The quantitative estimate of drug-likeness (QED) is 0.873. The van der Waals surface area contributed by atoms with Crippen LogP contribution in [0, 0.1) is 12.7 Å². The zero-order chi connectivity index (χ0) is 13.1. The predicted octanol–water partition coefficient (Wildman–Crippen LogP) is 1.87. The van der Waals surface area contributed by atoms with Gasteiger partial charge in [0.05, 0.1) is 12.7 Å². The molecule has 0 saturated carbocycles. The van der Waals surface area contributed by atoms with Crippen molar-refractivity contribution in [2.45, 2.75) is 26.0 Å². The Hall–Kier alpha value is -1.17. The average Bonchev–Trinajstić information content (AvgIpc) is 2.34. The number of ether oxygens (including phenoxy) is 1. The zero-order valence-corrected chi connectivity index (χ0v) is 11.7. The Morgan fingerprint density at radius 3 is 2.95 bits per heavy atom. The number of carbonyl (C=O) groups excluding carboxylic acids is 1. The van der Waals surface area contributed by atoms with E-state index in [9.17, 15) is 9.18 Å². The number of amides is 1. The highest BCUT2D eigenvalue weighted by atomic mass is 35.5. The zero-order valence-electron chi connectivity index (χ0n) is 10.9. The van der Waals surface area contributed by atoms with Gasteiger partial charge in [-0.2, -0.15) is 0 Å². The molecule has 0 unspecified atom stereocenters. The second-order valence-electron chi connectivity index (χ2n) is 4.46. The monoisotopic (exact) mass is 288 g/mol. The first-order valence-electron chi connectivity index (χ1n) is 6.00. The summed E-state index contributed by atoms with van der Waals surface area (Å²) in [6, 6.07) is 3.93. The van der Waals surface area contributed by atoms with Gasteiger partial charge in [0.1, 0.15) is 11.9 Å². The number of nitrogens with one attached hydrogen (secondary N) is 2. The Morgan fingerprint density at radius 2 is 2.26 bits per heavy atom. The minimum absolute atomic E-state index is 0. The molecule has 4 nitrogen and oxygen atoms in total. The number of hydrogen-bond donors (Lipinski definition) is 2. The molecule has 2 atom stereocenters. The van der Waals surface area contributed by atoms with E-state index >= 15 is 0 Å². The molecule has 1 fully saturated rings. The highest BCUT2D eigenvalue weighted by Gasteiger charge is 2.28. The van der Waals surface area contributed by atoms with Crippen molar-refractivity contribution in [3.63, 3.8) is 0 Å². The molecule has 1 aliphatic heterocycles. The first kappa shape index (κ1) is 15.9. The lowest BCUT2D eigenvalue weighted by Crippen LogP contribution is -2.53. The summed E-state index contributed by atoms with van der Waals surface area (Å²) in [7, 11) is 0. The molecule has 0 bridgehead atoms. The van der Waals surface area contributed by atoms with Crippen molar-refractivity contribution in [1.82, 2.24) is 5.32 Å². The number of benzene rings is 1. The maximum absolute atomic E-state index is 13.1. The molecule has 1 aliphatic rings. The van der Waals surface area contributed by atoms with Gasteiger partial charge in [0.2, 0.25) is 5.91 Å². The second-order valence-corrected chi connectivity index (χ2v) is 4.46. The highest BCUT2D eigenvalue weighted by Crippen LogP contribution is 2.17. The molecule has 2 N–H and O–H groups in total. The summed E-state index contributed by atoms with van der Waals surface area (Å²) >= 11 is 0. The molecule has 106 valence electrons. The van der Waals surface area contributed by atoms with E-state index < -0.39 is 6.04 Å². The van der Waals surface area contributed by atoms with E-state index in [1.165, 1.54) is 12.1 Å². The SMILES string of the molecule is Cc1ccc(F)cc1NC(=O)[C@H]1NCCO[C@@H]1C.Cl. The van der Waals surface area contributed by atoms with Crippen molar-refractivity contribution >= 4 is 24.0 Å². The van der Waals surface area contributed by atoms with Crippen LogP contribution in [0.2, 0.25) is 0 Å². The summed E-state index contributed by atoms with van der Waals surface area (Å²) in [5, 5.41) is 5.82. The van der Waals surface area contributed by atoms with Crippen LogP contribution in [0.15, 0.2) is 18.2 Å². The molecule has 1 aromatic carbocycles. The number of carbonyl (C=O) groups is 1. The summed E-state index contributed by atoms with van der Waals surface area (Å²) in [4.78, 5) is 12.1. The molecule has 1 aromatic rings. The number of hydrogen-bond acceptors (Lipinski definition) is 3. The lowest BCUT2D eigenvalue weighted by Gasteiger charge is -2.29. The number of anilines is 1. The van der Waals surface area contributed by atoms with Crippen molar-refractivity contribution < 1.29 is 13.9 Å². The molecule has 0 radical (unpaired) electrons. The van der Waals surface area contributed by atoms with E-state index in [2.05, 4.69) is 10.6 Å². The molecular weight excluding hydrogens is 271 g/mol. The van der Waals surface area contributed by atoms with E-state index in [0.717, 1.165) is 5.56 Å². The average molecular weight is 289 g/mol. The Kier molecular flexibility index (Phi) is 5.72.